The Morgan fingerprint density at radius 2 is 1.25 bits per heavy atom. The summed E-state index contributed by atoms with van der Waals surface area (Å²) in [6.07, 6.45) is 4.29. The Balaban J connectivity index is 0.000000185. The average Bonchev–Trinajstić information content (AvgIpc) is 3.60. The summed E-state index contributed by atoms with van der Waals surface area (Å²) in [6, 6.07) is 5.03. The Hall–Kier alpha value is -4.45. The van der Waals surface area contributed by atoms with Gasteiger partial charge < -0.3 is 9.97 Å². The van der Waals surface area contributed by atoms with Gasteiger partial charge in [0.15, 0.2) is 15.8 Å². The van der Waals surface area contributed by atoms with E-state index >= 15 is 0 Å². The van der Waals surface area contributed by atoms with Crippen LogP contribution in [0.1, 0.15) is 37.1 Å². The van der Waals surface area contributed by atoms with Crippen LogP contribution in [0.2, 0.25) is 0 Å². The third-order valence-corrected chi connectivity index (χ3v) is 6.66. The molecule has 0 amide bonds. The molecule has 6 aromatic rings. The summed E-state index contributed by atoms with van der Waals surface area (Å²) in [4.78, 5) is 38.1. The molecule has 1 radical (unpaired) electrons. The van der Waals surface area contributed by atoms with Gasteiger partial charge in [-0.3, -0.25) is 9.59 Å². The third kappa shape index (κ3) is 7.19. The fourth-order valence-electron chi connectivity index (χ4n) is 4.21. The molecule has 0 aliphatic rings. The number of rotatable bonds is 4. The van der Waals surface area contributed by atoms with E-state index in [0.29, 0.717) is 26.9 Å². The number of imidazole rings is 2. The summed E-state index contributed by atoms with van der Waals surface area (Å²) in [5.74, 6) is -2.79. The van der Waals surface area contributed by atoms with Crippen molar-refractivity contribution in [3.8, 4) is 0 Å². The first kappa shape index (κ1) is 32.5. The molecule has 4 aromatic heterocycles. The number of nitrogens with one attached hydrogen (secondary N) is 2. The molecule has 2 atom stereocenters. The molecule has 11 nitrogen and oxygen atoms in total. The number of thiol groups is 1. The zero-order valence-electron chi connectivity index (χ0n) is 22.7. The van der Waals surface area contributed by atoms with Crippen molar-refractivity contribution in [3.05, 3.63) is 115 Å². The van der Waals surface area contributed by atoms with Gasteiger partial charge in [-0.05, 0) is 65.2 Å². The van der Waals surface area contributed by atoms with Gasteiger partial charge in [-0.1, -0.05) is 0 Å². The molecule has 0 aliphatic carbocycles. The first-order valence-corrected chi connectivity index (χ1v) is 13.6. The SMILES string of the molecule is CC(c1cc(F)cc(F)c1)n1ncc2[nH]c(Br)nc2c1=O.CC(c1cc(F)cc(F)c1)n1ncc2[nH]cnc2c1=O.[B]=NS. The molecule has 0 aliphatic heterocycles. The Labute approximate surface area is 260 Å². The van der Waals surface area contributed by atoms with Crippen LogP contribution < -0.4 is 11.1 Å². The van der Waals surface area contributed by atoms with Gasteiger partial charge in [-0.25, -0.2) is 36.9 Å². The van der Waals surface area contributed by atoms with Gasteiger partial charge in [0, 0.05) is 12.1 Å². The zero-order valence-corrected chi connectivity index (χ0v) is 25.2. The topological polar surface area (TPSA) is 140 Å². The van der Waals surface area contributed by atoms with Crippen LogP contribution in [0.4, 0.5) is 17.6 Å². The van der Waals surface area contributed by atoms with Crippen LogP contribution in [-0.2, 0) is 0 Å². The number of hydrogen-bond acceptors (Lipinski definition) is 8. The molecule has 0 saturated heterocycles. The Morgan fingerprint density at radius 1 is 0.818 bits per heavy atom. The van der Waals surface area contributed by atoms with Crippen LogP contribution in [0.5, 0.6) is 0 Å². The van der Waals surface area contributed by atoms with Gasteiger partial charge in [0.2, 0.25) is 0 Å². The number of nitrogens with zero attached hydrogens (tertiary/aromatic N) is 7. The van der Waals surface area contributed by atoms with E-state index in [0.717, 1.165) is 21.5 Å². The Morgan fingerprint density at radius 3 is 1.73 bits per heavy atom. The maximum atomic E-state index is 13.3. The van der Waals surface area contributed by atoms with Gasteiger partial charge in [0.05, 0.1) is 41.8 Å². The van der Waals surface area contributed by atoms with E-state index in [1.165, 1.54) is 43.0 Å². The summed E-state index contributed by atoms with van der Waals surface area (Å²) >= 11 is 6.33. The normalized spacial score (nSPS) is 12.2. The second-order valence-corrected chi connectivity index (χ2v) is 10.1. The van der Waals surface area contributed by atoms with Crippen molar-refractivity contribution in [3.63, 3.8) is 0 Å². The summed E-state index contributed by atoms with van der Waals surface area (Å²) in [6.45, 7) is 3.28. The van der Waals surface area contributed by atoms with E-state index in [1.807, 2.05) is 0 Å². The molecule has 6 rings (SSSR count). The molecule has 4 heterocycles. The first-order valence-electron chi connectivity index (χ1n) is 12.4. The van der Waals surface area contributed by atoms with Crippen molar-refractivity contribution < 1.29 is 17.6 Å². The van der Waals surface area contributed by atoms with Crippen LogP contribution >= 0.6 is 28.7 Å². The third-order valence-electron chi connectivity index (χ3n) is 6.28. The molecule has 0 spiro atoms. The van der Waals surface area contributed by atoms with Gasteiger partial charge in [0.25, 0.3) is 11.1 Å². The van der Waals surface area contributed by atoms with Crippen molar-refractivity contribution in [1.82, 2.24) is 39.5 Å². The molecule has 44 heavy (non-hydrogen) atoms. The van der Waals surface area contributed by atoms with E-state index < -0.39 is 46.5 Å². The molecular formula is C26H20BBrF4N9O2S. The summed E-state index contributed by atoms with van der Waals surface area (Å²) < 4.78 is 58.5. The minimum absolute atomic E-state index is 0.209. The first-order chi connectivity index (χ1) is 20.9. The minimum atomic E-state index is -0.700. The van der Waals surface area contributed by atoms with Crippen LogP contribution in [0.25, 0.3) is 22.1 Å². The van der Waals surface area contributed by atoms with E-state index in [2.05, 4.69) is 70.8 Å². The van der Waals surface area contributed by atoms with Crippen molar-refractivity contribution >= 4 is 58.5 Å². The van der Waals surface area contributed by atoms with Gasteiger partial charge >= 0.3 is 24.8 Å². The van der Waals surface area contributed by atoms with Crippen molar-refractivity contribution in [2.24, 2.45) is 4.30 Å². The van der Waals surface area contributed by atoms with Crippen molar-refractivity contribution in [2.75, 3.05) is 0 Å². The molecule has 225 valence electrons. The number of halogens is 5. The molecule has 0 saturated carbocycles. The van der Waals surface area contributed by atoms with Crippen LogP contribution in [0, 0.1) is 23.3 Å². The predicted octanol–water partition coefficient (Wildman–Crippen LogP) is 4.96. The van der Waals surface area contributed by atoms with Crippen molar-refractivity contribution in [2.45, 2.75) is 25.9 Å². The van der Waals surface area contributed by atoms with Gasteiger partial charge in [0.1, 0.15) is 23.3 Å². The number of hydrogen-bond donors (Lipinski definition) is 3. The number of aromatic amines is 2. The van der Waals surface area contributed by atoms with E-state index in [-0.39, 0.29) is 11.0 Å². The Kier molecular flexibility index (Phi) is 10.3. The van der Waals surface area contributed by atoms with Crippen LogP contribution in [-0.4, -0.2) is 47.1 Å². The average molecular weight is 689 g/mol. The molecule has 18 heteroatoms. The van der Waals surface area contributed by atoms with Crippen molar-refractivity contribution in [1.29, 1.82) is 0 Å². The van der Waals surface area contributed by atoms with E-state index in [9.17, 15) is 27.2 Å². The van der Waals surface area contributed by atoms with Gasteiger partial charge in [-0.2, -0.15) is 10.2 Å². The number of aromatic nitrogens is 8. The number of H-pyrrole nitrogens is 2. The standard InChI is InChI=1S/C13H9BrF2N4O.C13H10F2N4O.BHNS/c1-6(7-2-8(15)4-9(16)3-7)20-12(21)11-10(5-17-20)18-13(14)19-11;1-7(8-2-9(14)4-10(15)3-8)19-13(20)12-11(5-18-19)16-6-17-12;1-2-3/h2-6H,1H3,(H,18,19);2-7H,1H3,(H,16,17);3H. The van der Waals surface area contributed by atoms with E-state index in [1.54, 1.807) is 13.8 Å². The fourth-order valence-corrected chi connectivity index (χ4v) is 4.61. The molecule has 2 N–H and O–H groups in total. The second-order valence-electron chi connectivity index (χ2n) is 9.12. The maximum absolute atomic E-state index is 13.3. The second kappa shape index (κ2) is 13.9. The van der Waals surface area contributed by atoms with Gasteiger partial charge in [-0.15, -0.1) is 0 Å². The number of fused-ring (bicyclic) bond motifs is 2. The zero-order chi connectivity index (χ0) is 32.1. The summed E-state index contributed by atoms with van der Waals surface area (Å²) in [5.41, 5.74) is 1.24. The molecular weight excluding hydrogens is 669 g/mol. The summed E-state index contributed by atoms with van der Waals surface area (Å²) in [7, 11) is 4.34. The Bertz CT molecular complexity index is 2040. The quantitative estimate of drug-likeness (QED) is 0.136. The summed E-state index contributed by atoms with van der Waals surface area (Å²) in [5, 5.41) is 8.02. The van der Waals surface area contributed by atoms with Crippen LogP contribution in [0.15, 0.2) is 73.7 Å². The molecule has 2 unspecified atom stereocenters. The van der Waals surface area contributed by atoms with Crippen LogP contribution in [0.3, 0.4) is 0 Å². The fraction of sp³-hybridized carbons (Fsp3) is 0.154. The predicted molar refractivity (Wildman–Crippen MR) is 162 cm³/mol. The monoisotopic (exact) mass is 688 g/mol. The molecule has 0 fully saturated rings. The molecule has 2 aromatic carbocycles. The number of benzene rings is 2. The molecule has 0 bridgehead atoms. The van der Waals surface area contributed by atoms with E-state index in [4.69, 9.17) is 0 Å².